The number of nitrogens with one attached hydrogen (secondary N) is 2. The third kappa shape index (κ3) is 7.70. The lowest BCUT2D eigenvalue weighted by atomic mass is 10.1. The van der Waals surface area contributed by atoms with Crippen molar-refractivity contribution in [2.24, 2.45) is 5.92 Å². The van der Waals surface area contributed by atoms with Crippen molar-refractivity contribution < 1.29 is 14.3 Å². The van der Waals surface area contributed by atoms with Gasteiger partial charge in [-0.15, -0.1) is 0 Å². The maximum absolute atomic E-state index is 12.1. The van der Waals surface area contributed by atoms with Crippen molar-refractivity contribution in [3.05, 3.63) is 82.4 Å². The fourth-order valence-electron chi connectivity index (χ4n) is 3.43. The largest absolute Gasteiger partial charge is 0.490 e. The minimum Gasteiger partial charge on any atom is -0.490 e. The van der Waals surface area contributed by atoms with Crippen molar-refractivity contribution in [3.63, 3.8) is 0 Å². The fourth-order valence-corrected chi connectivity index (χ4v) is 3.65. The van der Waals surface area contributed by atoms with Crippen LogP contribution in [0.3, 0.4) is 0 Å². The van der Waals surface area contributed by atoms with Gasteiger partial charge in [0.15, 0.2) is 11.5 Å². The zero-order valence-electron chi connectivity index (χ0n) is 20.3. The molecule has 3 aromatic rings. The van der Waals surface area contributed by atoms with Crippen molar-refractivity contribution in [2.75, 3.05) is 17.2 Å². The first-order valence-corrected chi connectivity index (χ1v) is 12.0. The average molecular weight is 481 g/mol. The van der Waals surface area contributed by atoms with Crippen LogP contribution in [0.4, 0.5) is 11.4 Å². The van der Waals surface area contributed by atoms with E-state index in [4.69, 9.17) is 21.1 Å². The van der Waals surface area contributed by atoms with Gasteiger partial charge in [0.05, 0.1) is 6.61 Å². The van der Waals surface area contributed by atoms with Crippen molar-refractivity contribution in [1.29, 1.82) is 0 Å². The molecule has 0 aromatic heterocycles. The molecule has 0 radical (unpaired) electrons. The van der Waals surface area contributed by atoms with E-state index in [1.807, 2.05) is 51.1 Å². The second-order valence-electron chi connectivity index (χ2n) is 8.68. The van der Waals surface area contributed by atoms with Gasteiger partial charge in [-0.25, -0.2) is 0 Å². The molecule has 3 rings (SSSR count). The summed E-state index contributed by atoms with van der Waals surface area (Å²) in [5, 5.41) is 6.92. The first kappa shape index (κ1) is 25.4. The average Bonchev–Trinajstić information content (AvgIpc) is 2.79. The van der Waals surface area contributed by atoms with E-state index < -0.39 is 0 Å². The Kier molecular flexibility index (Phi) is 9.23. The highest BCUT2D eigenvalue weighted by Gasteiger charge is 2.12. The Bertz CT molecular complexity index is 1100. The van der Waals surface area contributed by atoms with Crippen LogP contribution >= 0.6 is 11.6 Å². The van der Waals surface area contributed by atoms with E-state index in [0.717, 1.165) is 22.5 Å². The van der Waals surface area contributed by atoms with Crippen LogP contribution in [0, 0.1) is 12.8 Å². The molecule has 0 bridgehead atoms. The molecule has 0 fully saturated rings. The van der Waals surface area contributed by atoms with Crippen molar-refractivity contribution in [1.82, 2.24) is 0 Å². The quantitative estimate of drug-likeness (QED) is 0.304. The molecular formula is C28H33ClN2O3. The van der Waals surface area contributed by atoms with Gasteiger partial charge in [0.1, 0.15) is 6.61 Å². The smallest absolute Gasteiger partial charge is 0.224 e. The van der Waals surface area contributed by atoms with Gasteiger partial charge in [0, 0.05) is 35.4 Å². The Hall–Kier alpha value is -3.18. The van der Waals surface area contributed by atoms with Crippen LogP contribution in [-0.4, -0.2) is 12.5 Å². The van der Waals surface area contributed by atoms with Crippen molar-refractivity contribution in [2.45, 2.75) is 47.3 Å². The molecule has 5 nitrogen and oxygen atoms in total. The monoisotopic (exact) mass is 480 g/mol. The standard InChI is InChI=1S/C28H33ClN2O3/c1-5-33-26-14-22(25(29)16-27(26)34-18-21-11-9-20(4)10-12-21)17-30-23-7-6-8-24(15-23)31-28(32)13-19(2)3/h6-12,14-16,19,30H,5,13,17-18H2,1-4H3,(H,31,32). The number of hydrogen-bond donors (Lipinski definition) is 2. The van der Waals surface area contributed by atoms with Gasteiger partial charge in [0.25, 0.3) is 0 Å². The normalized spacial score (nSPS) is 10.8. The number of benzene rings is 3. The number of rotatable bonds is 11. The Balaban J connectivity index is 1.67. The van der Waals surface area contributed by atoms with Crippen molar-refractivity contribution >= 4 is 28.9 Å². The van der Waals surface area contributed by atoms with Crippen LogP contribution in [0.5, 0.6) is 11.5 Å². The molecule has 0 heterocycles. The number of carbonyl (C=O) groups is 1. The molecule has 2 N–H and O–H groups in total. The van der Waals surface area contributed by atoms with Gasteiger partial charge in [-0.1, -0.05) is 61.3 Å². The molecule has 0 saturated heterocycles. The summed E-state index contributed by atoms with van der Waals surface area (Å²) < 4.78 is 11.9. The Morgan fingerprint density at radius 1 is 0.971 bits per heavy atom. The lowest BCUT2D eigenvalue weighted by Crippen LogP contribution is -2.14. The lowest BCUT2D eigenvalue weighted by Gasteiger charge is -2.16. The minimum absolute atomic E-state index is 0.0118. The zero-order chi connectivity index (χ0) is 24.5. The summed E-state index contributed by atoms with van der Waals surface area (Å²) in [6.07, 6.45) is 0.492. The molecule has 0 aliphatic rings. The minimum atomic E-state index is 0.0118. The second-order valence-corrected chi connectivity index (χ2v) is 9.09. The van der Waals surface area contributed by atoms with Gasteiger partial charge in [-0.05, 0) is 55.2 Å². The summed E-state index contributed by atoms with van der Waals surface area (Å²) in [6, 6.07) is 19.6. The van der Waals surface area contributed by atoms with Crippen LogP contribution in [0.15, 0.2) is 60.7 Å². The molecule has 0 aliphatic carbocycles. The predicted molar refractivity (Wildman–Crippen MR) is 140 cm³/mol. The van der Waals surface area contributed by atoms with Crippen LogP contribution in [0.1, 0.15) is 43.9 Å². The number of amides is 1. The predicted octanol–water partition coefficient (Wildman–Crippen LogP) is 7.22. The van der Waals surface area contributed by atoms with Gasteiger partial charge in [-0.3, -0.25) is 4.79 Å². The van der Waals surface area contributed by atoms with Crippen LogP contribution in [0.25, 0.3) is 0 Å². The van der Waals surface area contributed by atoms with Gasteiger partial charge in [0.2, 0.25) is 5.91 Å². The number of carbonyl (C=O) groups excluding carboxylic acids is 1. The van der Waals surface area contributed by atoms with Gasteiger partial charge in [-0.2, -0.15) is 0 Å². The molecule has 0 atom stereocenters. The van der Waals surface area contributed by atoms with E-state index >= 15 is 0 Å². The lowest BCUT2D eigenvalue weighted by molar-refractivity contribution is -0.116. The van der Waals surface area contributed by atoms with E-state index in [0.29, 0.717) is 48.6 Å². The van der Waals surface area contributed by atoms with E-state index in [2.05, 4.69) is 41.8 Å². The zero-order valence-corrected chi connectivity index (χ0v) is 21.0. The number of hydrogen-bond acceptors (Lipinski definition) is 4. The number of ether oxygens (including phenoxy) is 2. The maximum Gasteiger partial charge on any atom is 0.224 e. The highest BCUT2D eigenvalue weighted by Crippen LogP contribution is 2.34. The fraction of sp³-hybridized carbons (Fsp3) is 0.321. The molecule has 1 amide bonds. The third-order valence-corrected chi connectivity index (χ3v) is 5.50. The molecule has 180 valence electrons. The van der Waals surface area contributed by atoms with Crippen LogP contribution in [-0.2, 0) is 17.9 Å². The maximum atomic E-state index is 12.1. The molecule has 0 saturated carbocycles. The second kappa shape index (κ2) is 12.3. The van der Waals surface area contributed by atoms with Gasteiger partial charge < -0.3 is 20.1 Å². The summed E-state index contributed by atoms with van der Waals surface area (Å²) >= 11 is 6.59. The van der Waals surface area contributed by atoms with E-state index in [-0.39, 0.29) is 5.91 Å². The Morgan fingerprint density at radius 2 is 1.68 bits per heavy atom. The SMILES string of the molecule is CCOc1cc(CNc2cccc(NC(=O)CC(C)C)c2)c(Cl)cc1OCc1ccc(C)cc1. The molecule has 6 heteroatoms. The summed E-state index contributed by atoms with van der Waals surface area (Å²) in [5.74, 6) is 1.60. The van der Waals surface area contributed by atoms with Crippen LogP contribution in [0.2, 0.25) is 5.02 Å². The Morgan fingerprint density at radius 3 is 2.38 bits per heavy atom. The first-order chi connectivity index (χ1) is 16.3. The summed E-state index contributed by atoms with van der Waals surface area (Å²) in [6.45, 7) is 9.50. The molecule has 0 unspecified atom stereocenters. The van der Waals surface area contributed by atoms with E-state index in [9.17, 15) is 4.79 Å². The number of anilines is 2. The highest BCUT2D eigenvalue weighted by molar-refractivity contribution is 6.31. The molecule has 0 aliphatic heterocycles. The third-order valence-electron chi connectivity index (χ3n) is 5.15. The van der Waals surface area contributed by atoms with E-state index in [1.54, 1.807) is 6.07 Å². The number of halogens is 1. The van der Waals surface area contributed by atoms with E-state index in [1.165, 1.54) is 5.56 Å². The van der Waals surface area contributed by atoms with Crippen molar-refractivity contribution in [3.8, 4) is 11.5 Å². The number of aryl methyl sites for hydroxylation is 1. The molecule has 3 aromatic carbocycles. The summed E-state index contributed by atoms with van der Waals surface area (Å²) in [7, 11) is 0. The summed E-state index contributed by atoms with van der Waals surface area (Å²) in [5.41, 5.74) is 4.83. The molecule has 34 heavy (non-hydrogen) atoms. The summed E-state index contributed by atoms with van der Waals surface area (Å²) in [4.78, 5) is 12.1. The molecule has 0 spiro atoms. The highest BCUT2D eigenvalue weighted by atomic mass is 35.5. The Labute approximate surface area is 207 Å². The molecular weight excluding hydrogens is 448 g/mol. The first-order valence-electron chi connectivity index (χ1n) is 11.6. The van der Waals surface area contributed by atoms with Crippen LogP contribution < -0.4 is 20.1 Å². The van der Waals surface area contributed by atoms with Gasteiger partial charge >= 0.3 is 0 Å². The topological polar surface area (TPSA) is 59.6 Å².